The molecule has 0 radical (unpaired) electrons. The maximum Gasteiger partial charge on any atom is 0.388 e. The van der Waals surface area contributed by atoms with Crippen molar-refractivity contribution >= 4 is 40.0 Å². The summed E-state index contributed by atoms with van der Waals surface area (Å²) in [6, 6.07) is 0. The number of carbonyl (C=O) groups is 1. The Balaban J connectivity index is 1.54. The number of nitrogens with two attached hydrogens (primary N) is 1. The summed E-state index contributed by atoms with van der Waals surface area (Å²) in [5.41, 5.74) is 5.48. The van der Waals surface area contributed by atoms with Crippen molar-refractivity contribution in [2.75, 3.05) is 17.7 Å². The van der Waals surface area contributed by atoms with Crippen molar-refractivity contribution in [2.24, 2.45) is 16.6 Å². The van der Waals surface area contributed by atoms with E-state index in [1.165, 1.54) is 30.0 Å². The minimum absolute atomic E-state index is 0.0154. The minimum atomic E-state index is -3.02. The van der Waals surface area contributed by atoms with Gasteiger partial charge in [0.05, 0.1) is 24.6 Å². The zero-order valence-corrected chi connectivity index (χ0v) is 18.3. The van der Waals surface area contributed by atoms with Crippen LogP contribution in [0.15, 0.2) is 16.6 Å². The van der Waals surface area contributed by atoms with E-state index >= 15 is 0 Å². The van der Waals surface area contributed by atoms with Crippen LogP contribution in [-0.4, -0.2) is 51.1 Å². The van der Waals surface area contributed by atoms with Crippen LogP contribution in [0, 0.1) is 12.8 Å². The average Bonchev–Trinajstić information content (AvgIpc) is 3.17. The lowest BCUT2D eigenvalue weighted by Gasteiger charge is -2.44. The molecule has 0 saturated carbocycles. The van der Waals surface area contributed by atoms with Gasteiger partial charge < -0.3 is 20.5 Å². The van der Waals surface area contributed by atoms with Gasteiger partial charge in [-0.1, -0.05) is 11.8 Å². The number of nitrogens with zero attached hydrogens (tertiary/aromatic N) is 4. The highest BCUT2D eigenvalue weighted by molar-refractivity contribution is 8.13. The molecule has 2 aliphatic rings. The largest absolute Gasteiger partial charge is 0.415 e. The number of thiazole rings is 1. The lowest BCUT2D eigenvalue weighted by molar-refractivity contribution is -0.0532. The molecule has 3 N–H and O–H groups in total. The Morgan fingerprint density at radius 2 is 2.26 bits per heavy atom. The van der Waals surface area contributed by atoms with Crippen molar-refractivity contribution in [2.45, 2.75) is 38.5 Å². The van der Waals surface area contributed by atoms with Gasteiger partial charge in [-0.2, -0.15) is 8.78 Å². The van der Waals surface area contributed by atoms with Crippen LogP contribution >= 0.6 is 23.1 Å². The van der Waals surface area contributed by atoms with Crippen LogP contribution in [-0.2, 0) is 10.3 Å². The van der Waals surface area contributed by atoms with Gasteiger partial charge in [0.2, 0.25) is 5.88 Å². The molecule has 0 spiro atoms. The maximum absolute atomic E-state index is 12.6. The van der Waals surface area contributed by atoms with Crippen molar-refractivity contribution < 1.29 is 23.0 Å². The molecular formula is C18H20F2N6O3S2. The van der Waals surface area contributed by atoms with Crippen molar-refractivity contribution in [3.8, 4) is 5.88 Å². The highest BCUT2D eigenvalue weighted by Crippen LogP contribution is 2.47. The first-order valence-electron chi connectivity index (χ1n) is 9.42. The number of fused-ring (bicyclic) bond motifs is 1. The third kappa shape index (κ3) is 4.48. The minimum Gasteiger partial charge on any atom is -0.415 e. The summed E-state index contributed by atoms with van der Waals surface area (Å²) in [6.07, 6.45) is 1.94. The predicted molar refractivity (Wildman–Crippen MR) is 113 cm³/mol. The van der Waals surface area contributed by atoms with E-state index in [1.807, 2.05) is 6.92 Å². The molecule has 0 aromatic carbocycles. The van der Waals surface area contributed by atoms with Gasteiger partial charge in [0.1, 0.15) is 22.1 Å². The molecule has 1 saturated heterocycles. The lowest BCUT2D eigenvalue weighted by Crippen LogP contribution is -2.49. The summed E-state index contributed by atoms with van der Waals surface area (Å²) in [4.78, 5) is 29.6. The van der Waals surface area contributed by atoms with E-state index in [1.54, 1.807) is 5.38 Å². The number of amides is 1. The molecule has 0 aliphatic carbocycles. The Morgan fingerprint density at radius 1 is 1.45 bits per heavy atom. The number of carbonyl (C=O) groups excluding carboxylic acids is 1. The molecule has 31 heavy (non-hydrogen) atoms. The number of halogens is 2. The summed E-state index contributed by atoms with van der Waals surface area (Å²) in [6.45, 7) is 0.863. The number of thioether (sulfide) groups is 1. The van der Waals surface area contributed by atoms with E-state index in [-0.39, 0.29) is 29.3 Å². The second kappa shape index (κ2) is 8.63. The van der Waals surface area contributed by atoms with Crippen LogP contribution < -0.4 is 15.8 Å². The Bertz CT molecular complexity index is 1020. The Morgan fingerprint density at radius 3 is 3.00 bits per heavy atom. The number of aryl methyl sites for hydroxylation is 1. The maximum atomic E-state index is 12.6. The van der Waals surface area contributed by atoms with Gasteiger partial charge in [-0.15, -0.1) is 11.3 Å². The number of ether oxygens (including phenoxy) is 2. The molecule has 3 unspecified atom stereocenters. The molecule has 13 heteroatoms. The first kappa shape index (κ1) is 21.8. The number of aliphatic imine (C=N–C) groups is 1. The third-order valence-corrected chi connectivity index (χ3v) is 7.05. The van der Waals surface area contributed by atoms with Crippen molar-refractivity contribution in [3.05, 3.63) is 28.0 Å². The molecule has 9 nitrogen and oxygen atoms in total. The number of amidine groups is 1. The van der Waals surface area contributed by atoms with E-state index < -0.39 is 18.1 Å². The third-order valence-electron chi connectivity index (χ3n) is 5.09. The highest BCUT2D eigenvalue weighted by Gasteiger charge is 2.49. The van der Waals surface area contributed by atoms with E-state index in [2.05, 4.69) is 25.0 Å². The van der Waals surface area contributed by atoms with Crippen LogP contribution in [0.4, 0.5) is 14.6 Å². The molecule has 1 amide bonds. The van der Waals surface area contributed by atoms with Gasteiger partial charge in [-0.05, 0) is 20.3 Å². The molecule has 0 bridgehead atoms. The highest BCUT2D eigenvalue weighted by atomic mass is 32.2. The first-order valence-corrected chi connectivity index (χ1v) is 11.3. The molecule has 2 aromatic heterocycles. The van der Waals surface area contributed by atoms with Gasteiger partial charge >= 0.3 is 6.61 Å². The number of anilines is 1. The summed E-state index contributed by atoms with van der Waals surface area (Å²) in [7, 11) is 0. The molecule has 1 fully saturated rings. The molecule has 166 valence electrons. The second-order valence-corrected chi connectivity index (χ2v) is 9.15. The number of rotatable bonds is 5. The number of hydrogen-bond donors (Lipinski definition) is 2. The standard InChI is InChI=1S/C18H20F2N6O3S2/c1-8-3-10-5-31-17(21)26-18(10,7-28-8)15-25-11(6-30-15)24-14(27)13-9(2)23-12(4-22-13)29-16(19)20/h4,6,8,10,16H,3,5,7H2,1-2H3,(H2,21,26)(H,24,27). The van der Waals surface area contributed by atoms with Gasteiger partial charge in [-0.25, -0.2) is 19.9 Å². The normalized spacial score (nSPS) is 25.6. The second-order valence-electron chi connectivity index (χ2n) is 7.25. The summed E-state index contributed by atoms with van der Waals surface area (Å²) in [5.74, 6) is 0.459. The van der Waals surface area contributed by atoms with Gasteiger partial charge in [0, 0.05) is 17.1 Å². The van der Waals surface area contributed by atoms with Crippen LogP contribution in [0.25, 0.3) is 0 Å². The SMILES string of the molecule is Cc1nc(OC(F)F)cnc1C(=O)Nc1csc(C23COC(C)CC2CSC(N)=N3)n1. The van der Waals surface area contributed by atoms with E-state index in [0.29, 0.717) is 22.6 Å². The Kier molecular flexibility index (Phi) is 6.08. The Hall–Kier alpha value is -2.38. The van der Waals surface area contributed by atoms with E-state index in [9.17, 15) is 13.6 Å². The molecule has 2 aromatic rings. The topological polar surface area (TPSA) is 125 Å². The fourth-order valence-electron chi connectivity index (χ4n) is 3.62. The lowest BCUT2D eigenvalue weighted by atomic mass is 9.80. The zero-order valence-electron chi connectivity index (χ0n) is 16.7. The average molecular weight is 471 g/mol. The van der Waals surface area contributed by atoms with Crippen molar-refractivity contribution in [3.63, 3.8) is 0 Å². The summed E-state index contributed by atoms with van der Waals surface area (Å²) >= 11 is 2.90. The summed E-state index contributed by atoms with van der Waals surface area (Å²) < 4.78 is 34.7. The molecule has 2 aliphatic heterocycles. The smallest absolute Gasteiger partial charge is 0.388 e. The summed E-state index contributed by atoms with van der Waals surface area (Å²) in [5, 5.41) is 5.59. The van der Waals surface area contributed by atoms with Crippen LogP contribution in [0.5, 0.6) is 5.88 Å². The predicted octanol–water partition coefficient (Wildman–Crippen LogP) is 2.78. The van der Waals surface area contributed by atoms with Gasteiger partial charge in [0.25, 0.3) is 5.91 Å². The van der Waals surface area contributed by atoms with Gasteiger partial charge in [-0.3, -0.25) is 4.79 Å². The number of hydrogen-bond acceptors (Lipinski definition) is 10. The zero-order chi connectivity index (χ0) is 22.2. The van der Waals surface area contributed by atoms with E-state index in [0.717, 1.165) is 18.4 Å². The monoisotopic (exact) mass is 470 g/mol. The molecule has 4 heterocycles. The van der Waals surface area contributed by atoms with E-state index in [4.69, 9.17) is 15.5 Å². The van der Waals surface area contributed by atoms with Crippen LogP contribution in [0.3, 0.4) is 0 Å². The van der Waals surface area contributed by atoms with Gasteiger partial charge in [0.15, 0.2) is 5.17 Å². The molecule has 3 atom stereocenters. The fourth-order valence-corrected chi connectivity index (χ4v) is 5.59. The van der Waals surface area contributed by atoms with Crippen LogP contribution in [0.1, 0.15) is 34.5 Å². The number of alkyl halides is 2. The molecule has 4 rings (SSSR count). The fraction of sp³-hybridized carbons (Fsp3) is 0.500. The number of aromatic nitrogens is 3. The number of nitrogens with one attached hydrogen (secondary N) is 1. The van der Waals surface area contributed by atoms with Crippen LogP contribution in [0.2, 0.25) is 0 Å². The Labute approximate surface area is 184 Å². The quantitative estimate of drug-likeness (QED) is 0.684. The first-order chi connectivity index (χ1) is 14.8. The van der Waals surface area contributed by atoms with Crippen molar-refractivity contribution in [1.29, 1.82) is 0 Å². The van der Waals surface area contributed by atoms with Crippen molar-refractivity contribution in [1.82, 2.24) is 15.0 Å². The molecular weight excluding hydrogens is 450 g/mol.